The molecule has 0 saturated carbocycles. The van der Waals surface area contributed by atoms with Gasteiger partial charge in [0.25, 0.3) is 0 Å². The Kier molecular flexibility index (Phi) is 5.05. The van der Waals surface area contributed by atoms with Crippen molar-refractivity contribution in [2.45, 2.75) is 19.9 Å². The van der Waals surface area contributed by atoms with Crippen LogP contribution in [-0.4, -0.2) is 34.8 Å². The van der Waals surface area contributed by atoms with E-state index >= 15 is 0 Å². The van der Waals surface area contributed by atoms with Crippen LogP contribution in [0.15, 0.2) is 24.3 Å². The van der Waals surface area contributed by atoms with E-state index in [1.165, 1.54) is 24.0 Å². The number of rotatable bonds is 4. The highest BCUT2D eigenvalue weighted by molar-refractivity contribution is 5.94. The van der Waals surface area contributed by atoms with Gasteiger partial charge in [-0.3, -0.25) is 10.1 Å². The second-order valence-corrected chi connectivity index (χ2v) is 3.94. The molecule has 0 heterocycles. The number of hydrogen-bond donors (Lipinski definition) is 2. The third-order valence-electron chi connectivity index (χ3n) is 2.58. The Bertz CT molecular complexity index is 470. The molecule has 1 atom stereocenters. The van der Waals surface area contributed by atoms with Gasteiger partial charge in [-0.15, -0.1) is 0 Å². The Labute approximate surface area is 111 Å². The maximum absolute atomic E-state index is 11.8. The van der Waals surface area contributed by atoms with Crippen LogP contribution in [0.4, 0.5) is 4.79 Å². The molecule has 19 heavy (non-hydrogen) atoms. The number of urea groups is 1. The lowest BCUT2D eigenvalue weighted by atomic mass is 10.1. The van der Waals surface area contributed by atoms with E-state index in [0.29, 0.717) is 11.8 Å². The highest BCUT2D eigenvalue weighted by atomic mass is 16.3. The highest BCUT2D eigenvalue weighted by Gasteiger charge is 2.24. The Morgan fingerprint density at radius 3 is 2.37 bits per heavy atom. The van der Waals surface area contributed by atoms with Gasteiger partial charge in [-0.2, -0.15) is 0 Å². The molecular weight excluding hydrogens is 248 g/mol. The molecule has 0 spiro atoms. The van der Waals surface area contributed by atoms with Gasteiger partial charge in [0.1, 0.15) is 18.1 Å². The molecule has 0 fully saturated rings. The number of phenolic OH excluding ortho intramolecular Hbond substituents is 1. The average Bonchev–Trinajstić information content (AvgIpc) is 2.36. The summed E-state index contributed by atoms with van der Waals surface area (Å²) in [6, 6.07) is 4.55. The van der Waals surface area contributed by atoms with Crippen molar-refractivity contribution >= 4 is 18.2 Å². The Balaban J connectivity index is 2.98. The molecule has 1 aromatic rings. The second-order valence-electron chi connectivity index (χ2n) is 3.94. The van der Waals surface area contributed by atoms with E-state index in [9.17, 15) is 19.5 Å². The van der Waals surface area contributed by atoms with Crippen LogP contribution >= 0.6 is 0 Å². The third-order valence-corrected chi connectivity index (χ3v) is 2.58. The van der Waals surface area contributed by atoms with Crippen LogP contribution in [0.5, 0.6) is 5.75 Å². The third kappa shape index (κ3) is 3.80. The molecule has 6 heteroatoms. The van der Waals surface area contributed by atoms with Gasteiger partial charge >= 0.3 is 6.03 Å². The fourth-order valence-electron chi connectivity index (χ4n) is 1.69. The van der Waals surface area contributed by atoms with E-state index in [0.717, 1.165) is 0 Å². The van der Waals surface area contributed by atoms with Gasteiger partial charge < -0.3 is 14.8 Å². The minimum absolute atomic E-state index is 0.0737. The fourth-order valence-corrected chi connectivity index (χ4v) is 1.69. The van der Waals surface area contributed by atoms with Crippen molar-refractivity contribution < 1.29 is 19.5 Å². The molecule has 0 aliphatic heterocycles. The van der Waals surface area contributed by atoms with Crippen molar-refractivity contribution in [1.29, 1.82) is 0 Å². The molecule has 0 aliphatic rings. The molecule has 3 amide bonds. The van der Waals surface area contributed by atoms with Crippen molar-refractivity contribution in [3.63, 3.8) is 0 Å². The van der Waals surface area contributed by atoms with Gasteiger partial charge in [-0.05, 0) is 24.6 Å². The Morgan fingerprint density at radius 2 is 1.95 bits per heavy atom. The molecule has 6 nitrogen and oxygen atoms in total. The van der Waals surface area contributed by atoms with E-state index in [1.54, 1.807) is 19.1 Å². The first-order chi connectivity index (χ1) is 8.99. The summed E-state index contributed by atoms with van der Waals surface area (Å²) in [5.74, 6) is -0.413. The first-order valence-electron chi connectivity index (χ1n) is 5.82. The van der Waals surface area contributed by atoms with E-state index in [4.69, 9.17) is 0 Å². The number of aldehydes is 1. The van der Waals surface area contributed by atoms with Crippen LogP contribution in [0, 0.1) is 0 Å². The lowest BCUT2D eigenvalue weighted by Crippen LogP contribution is -2.44. The number of carbonyl (C=O) groups excluding carboxylic acids is 3. The van der Waals surface area contributed by atoms with Crippen molar-refractivity contribution in [1.82, 2.24) is 10.2 Å². The molecule has 0 radical (unpaired) electrons. The number of likely N-dealkylation sites (N-methyl/N-ethyl adjacent to an activating group) is 1. The molecule has 0 saturated heterocycles. The van der Waals surface area contributed by atoms with Gasteiger partial charge in [0, 0.05) is 13.5 Å². The summed E-state index contributed by atoms with van der Waals surface area (Å²) in [6.07, 6.45) is 0.621. The van der Waals surface area contributed by atoms with Crippen molar-refractivity contribution in [2.24, 2.45) is 0 Å². The Hall–Kier alpha value is -2.37. The number of nitrogens with zero attached hydrogens (tertiary/aromatic N) is 1. The van der Waals surface area contributed by atoms with Crippen molar-refractivity contribution in [3.05, 3.63) is 29.8 Å². The fraction of sp³-hybridized carbons (Fsp3) is 0.308. The van der Waals surface area contributed by atoms with Gasteiger partial charge in [0.2, 0.25) is 5.91 Å². The number of aromatic hydroxyl groups is 1. The minimum atomic E-state index is -0.801. The van der Waals surface area contributed by atoms with Crippen LogP contribution in [0.2, 0.25) is 0 Å². The molecule has 0 aromatic heterocycles. The number of benzene rings is 1. The van der Waals surface area contributed by atoms with Crippen LogP contribution in [0.25, 0.3) is 0 Å². The van der Waals surface area contributed by atoms with Gasteiger partial charge in [0.05, 0.1) is 0 Å². The zero-order valence-electron chi connectivity index (χ0n) is 10.8. The Morgan fingerprint density at radius 1 is 1.37 bits per heavy atom. The summed E-state index contributed by atoms with van der Waals surface area (Å²) in [6.45, 7) is 3.20. The number of imide groups is 1. The normalized spacial score (nSPS) is 11.5. The lowest BCUT2D eigenvalue weighted by molar-refractivity contribution is -0.118. The summed E-state index contributed by atoms with van der Waals surface area (Å²) >= 11 is 0. The zero-order chi connectivity index (χ0) is 14.4. The first kappa shape index (κ1) is 14.7. The summed E-state index contributed by atoms with van der Waals surface area (Å²) < 4.78 is 0. The van der Waals surface area contributed by atoms with E-state index in [2.05, 4.69) is 5.32 Å². The van der Waals surface area contributed by atoms with Gasteiger partial charge in [0.15, 0.2) is 0 Å². The average molecular weight is 264 g/mol. The summed E-state index contributed by atoms with van der Waals surface area (Å²) in [7, 11) is 0. The van der Waals surface area contributed by atoms with Crippen LogP contribution < -0.4 is 5.32 Å². The van der Waals surface area contributed by atoms with Crippen LogP contribution in [0.1, 0.15) is 25.5 Å². The smallest absolute Gasteiger partial charge is 0.324 e. The molecule has 1 aromatic carbocycles. The molecule has 1 unspecified atom stereocenters. The minimum Gasteiger partial charge on any atom is -0.508 e. The standard InChI is InChI=1S/C13H16N2O4/c1-3-15(13(19)14-9(2)17)12(8-16)10-4-6-11(18)7-5-10/h4-8,12,18H,3H2,1-2H3,(H,14,17,19). The predicted molar refractivity (Wildman–Crippen MR) is 68.5 cm³/mol. The topological polar surface area (TPSA) is 86.7 Å². The predicted octanol–water partition coefficient (Wildman–Crippen LogP) is 1.21. The maximum Gasteiger partial charge on any atom is 0.324 e. The van der Waals surface area contributed by atoms with Crippen LogP contribution in [-0.2, 0) is 9.59 Å². The first-order valence-corrected chi connectivity index (χ1v) is 5.82. The molecular formula is C13H16N2O4. The number of amides is 3. The van der Waals surface area contributed by atoms with Gasteiger partial charge in [-0.1, -0.05) is 12.1 Å². The number of nitrogens with one attached hydrogen (secondary N) is 1. The molecule has 2 N–H and O–H groups in total. The monoisotopic (exact) mass is 264 g/mol. The number of carbonyl (C=O) groups is 3. The zero-order valence-corrected chi connectivity index (χ0v) is 10.8. The molecule has 0 aliphatic carbocycles. The summed E-state index contributed by atoms with van der Waals surface area (Å²) in [5.41, 5.74) is 0.563. The number of hydrogen-bond acceptors (Lipinski definition) is 4. The van der Waals surface area contributed by atoms with Crippen LogP contribution in [0.3, 0.4) is 0 Å². The quantitative estimate of drug-likeness (QED) is 0.800. The van der Waals surface area contributed by atoms with Gasteiger partial charge in [-0.25, -0.2) is 4.79 Å². The molecule has 1 rings (SSSR count). The summed E-state index contributed by atoms with van der Waals surface area (Å²) in [5, 5.41) is 11.3. The summed E-state index contributed by atoms with van der Waals surface area (Å²) in [4.78, 5) is 35.1. The lowest BCUT2D eigenvalue weighted by Gasteiger charge is -2.26. The number of phenols is 1. The molecule has 102 valence electrons. The maximum atomic E-state index is 11.8. The highest BCUT2D eigenvalue weighted by Crippen LogP contribution is 2.21. The van der Waals surface area contributed by atoms with Crippen molar-refractivity contribution in [2.75, 3.05) is 6.54 Å². The van der Waals surface area contributed by atoms with Crippen molar-refractivity contribution in [3.8, 4) is 5.75 Å². The second kappa shape index (κ2) is 6.53. The van der Waals surface area contributed by atoms with E-state index in [-0.39, 0.29) is 12.3 Å². The SMILES string of the molecule is CCN(C(=O)NC(C)=O)C(C=O)c1ccc(O)cc1. The van der Waals surface area contributed by atoms with E-state index < -0.39 is 18.0 Å². The largest absolute Gasteiger partial charge is 0.508 e. The molecule has 0 bridgehead atoms. The van der Waals surface area contributed by atoms with E-state index in [1.807, 2.05) is 0 Å².